The number of rotatable bonds is 7. The molecule has 2 amide bonds. The van der Waals surface area contributed by atoms with E-state index in [1.807, 2.05) is 0 Å². The lowest BCUT2D eigenvalue weighted by Gasteiger charge is -2.20. The minimum Gasteiger partial charge on any atom is -0.370 e. The third kappa shape index (κ3) is 5.23. The molecule has 0 spiro atoms. The zero-order valence-electron chi connectivity index (χ0n) is 13.7. The normalized spacial score (nSPS) is 10.7. The molecule has 26 heavy (non-hydrogen) atoms. The maximum Gasteiger partial charge on any atom is 0.270 e. The third-order valence-electron chi connectivity index (χ3n) is 3.49. The number of halogens is 1. The molecule has 2 N–H and O–H groups in total. The number of benzene rings is 2. The van der Waals surface area contributed by atoms with Gasteiger partial charge in [0.05, 0.1) is 4.92 Å². The Hall–Kier alpha value is -3.55. The van der Waals surface area contributed by atoms with Gasteiger partial charge in [0, 0.05) is 36.9 Å². The fourth-order valence-electron chi connectivity index (χ4n) is 2.21. The highest BCUT2D eigenvalue weighted by atomic mass is 19.1. The first-order valence-corrected chi connectivity index (χ1v) is 7.65. The van der Waals surface area contributed by atoms with Crippen LogP contribution in [0, 0.1) is 15.9 Å². The van der Waals surface area contributed by atoms with E-state index in [4.69, 9.17) is 5.73 Å². The van der Waals surface area contributed by atoms with E-state index in [9.17, 15) is 24.1 Å². The standard InChI is InChI=1S/C18H16FN3O4/c19-14-5-7-15(8-6-14)21(11-10-17(20)23)18(24)9-4-13-2-1-3-16(12-13)22(25)26/h1-9,12H,10-11H2,(H2,20,23)/b9-4+. The number of non-ortho nitro benzene ring substituents is 1. The van der Waals surface area contributed by atoms with Gasteiger partial charge in [0.2, 0.25) is 5.91 Å². The molecule has 0 aliphatic rings. The molecule has 0 saturated carbocycles. The first kappa shape index (κ1) is 18.8. The maximum atomic E-state index is 13.1. The second-order valence-electron chi connectivity index (χ2n) is 5.37. The van der Waals surface area contributed by atoms with Gasteiger partial charge in [-0.25, -0.2) is 4.39 Å². The quantitative estimate of drug-likeness (QED) is 0.467. The number of nitro groups is 1. The van der Waals surface area contributed by atoms with E-state index in [0.717, 1.165) is 0 Å². The number of primary amides is 1. The fraction of sp³-hybridized carbons (Fsp3) is 0.111. The van der Waals surface area contributed by atoms with Crippen LogP contribution in [0.4, 0.5) is 15.8 Å². The van der Waals surface area contributed by atoms with Crippen LogP contribution in [0.15, 0.2) is 54.6 Å². The first-order valence-electron chi connectivity index (χ1n) is 7.65. The number of nitro benzene ring substituents is 1. The zero-order valence-corrected chi connectivity index (χ0v) is 13.7. The van der Waals surface area contributed by atoms with Crippen LogP contribution >= 0.6 is 0 Å². The minimum atomic E-state index is -0.576. The van der Waals surface area contributed by atoms with E-state index in [1.54, 1.807) is 6.07 Å². The zero-order chi connectivity index (χ0) is 19.1. The van der Waals surface area contributed by atoms with Crippen molar-refractivity contribution in [2.24, 2.45) is 5.73 Å². The fourth-order valence-corrected chi connectivity index (χ4v) is 2.21. The molecule has 0 aliphatic carbocycles. The van der Waals surface area contributed by atoms with Crippen molar-refractivity contribution in [2.75, 3.05) is 11.4 Å². The van der Waals surface area contributed by atoms with Crippen molar-refractivity contribution in [2.45, 2.75) is 6.42 Å². The van der Waals surface area contributed by atoms with E-state index in [1.165, 1.54) is 59.5 Å². The smallest absolute Gasteiger partial charge is 0.270 e. The summed E-state index contributed by atoms with van der Waals surface area (Å²) < 4.78 is 13.1. The SMILES string of the molecule is NC(=O)CCN(C(=O)/C=C/c1cccc([N+](=O)[O-])c1)c1ccc(F)cc1. The molecule has 0 unspecified atom stereocenters. The van der Waals surface area contributed by atoms with Crippen molar-refractivity contribution in [3.63, 3.8) is 0 Å². The number of hydrogen-bond donors (Lipinski definition) is 1. The Bertz CT molecular complexity index is 850. The van der Waals surface area contributed by atoms with Gasteiger partial charge in [-0.3, -0.25) is 19.7 Å². The lowest BCUT2D eigenvalue weighted by molar-refractivity contribution is -0.384. The van der Waals surface area contributed by atoms with E-state index in [2.05, 4.69) is 0 Å². The van der Waals surface area contributed by atoms with Crippen LogP contribution < -0.4 is 10.6 Å². The maximum absolute atomic E-state index is 13.1. The Kier molecular flexibility index (Phi) is 6.15. The summed E-state index contributed by atoms with van der Waals surface area (Å²) in [7, 11) is 0. The highest BCUT2D eigenvalue weighted by Gasteiger charge is 2.14. The third-order valence-corrected chi connectivity index (χ3v) is 3.49. The van der Waals surface area contributed by atoms with Crippen LogP contribution in [0.3, 0.4) is 0 Å². The highest BCUT2D eigenvalue weighted by Crippen LogP contribution is 2.18. The molecular formula is C18H16FN3O4. The summed E-state index contributed by atoms with van der Waals surface area (Å²) in [6.45, 7) is 0.0269. The minimum absolute atomic E-state index is 0.0269. The predicted molar refractivity (Wildman–Crippen MR) is 94.7 cm³/mol. The molecule has 0 saturated heterocycles. The molecular weight excluding hydrogens is 341 g/mol. The summed E-state index contributed by atoms with van der Waals surface area (Å²) in [6, 6.07) is 11.0. The molecule has 0 heterocycles. The number of nitrogens with zero attached hydrogens (tertiary/aromatic N) is 2. The molecule has 7 nitrogen and oxygen atoms in total. The van der Waals surface area contributed by atoms with Gasteiger partial charge in [0.1, 0.15) is 5.82 Å². The van der Waals surface area contributed by atoms with Gasteiger partial charge in [0.25, 0.3) is 11.6 Å². The number of carbonyl (C=O) groups is 2. The van der Waals surface area contributed by atoms with Gasteiger partial charge in [-0.05, 0) is 35.9 Å². The van der Waals surface area contributed by atoms with Crippen LogP contribution in [0.1, 0.15) is 12.0 Å². The number of carbonyl (C=O) groups excluding carboxylic acids is 2. The van der Waals surface area contributed by atoms with Crippen molar-refractivity contribution >= 4 is 29.3 Å². The molecule has 0 atom stereocenters. The summed E-state index contributed by atoms with van der Waals surface area (Å²) in [5.74, 6) is -1.50. The Morgan fingerprint density at radius 3 is 2.50 bits per heavy atom. The Labute approximate surface area is 148 Å². The summed E-state index contributed by atoms with van der Waals surface area (Å²) in [5.41, 5.74) is 5.92. The van der Waals surface area contributed by atoms with Crippen LogP contribution in [0.5, 0.6) is 0 Å². The highest BCUT2D eigenvalue weighted by molar-refractivity contribution is 6.04. The lowest BCUT2D eigenvalue weighted by Crippen LogP contribution is -2.32. The number of amides is 2. The predicted octanol–water partition coefficient (Wildman–Crippen LogP) is 2.66. The largest absolute Gasteiger partial charge is 0.370 e. The summed E-state index contributed by atoms with van der Waals surface area (Å²) in [6.07, 6.45) is 2.59. The number of hydrogen-bond acceptors (Lipinski definition) is 4. The van der Waals surface area contributed by atoms with E-state index in [-0.39, 0.29) is 18.7 Å². The average molecular weight is 357 g/mol. The van der Waals surface area contributed by atoms with Crippen molar-refractivity contribution in [1.29, 1.82) is 0 Å². The van der Waals surface area contributed by atoms with Gasteiger partial charge in [0.15, 0.2) is 0 Å². The number of anilines is 1. The topological polar surface area (TPSA) is 107 Å². The summed E-state index contributed by atoms with van der Waals surface area (Å²) in [4.78, 5) is 35.1. The molecule has 2 rings (SSSR count). The van der Waals surface area contributed by atoms with E-state index >= 15 is 0 Å². The second-order valence-corrected chi connectivity index (χ2v) is 5.37. The molecule has 2 aromatic rings. The van der Waals surface area contributed by atoms with Crippen molar-refractivity contribution in [1.82, 2.24) is 0 Å². The van der Waals surface area contributed by atoms with Crippen molar-refractivity contribution in [3.05, 3.63) is 76.1 Å². The van der Waals surface area contributed by atoms with Crippen LogP contribution in [0.2, 0.25) is 0 Å². The summed E-state index contributed by atoms with van der Waals surface area (Å²) in [5, 5.41) is 10.8. The Balaban J connectivity index is 2.22. The molecule has 0 fully saturated rings. The van der Waals surface area contributed by atoms with Gasteiger partial charge >= 0.3 is 0 Å². The van der Waals surface area contributed by atoms with E-state index < -0.39 is 22.6 Å². The van der Waals surface area contributed by atoms with Crippen LogP contribution in [0.25, 0.3) is 6.08 Å². The molecule has 2 aromatic carbocycles. The monoisotopic (exact) mass is 357 g/mol. The molecule has 0 radical (unpaired) electrons. The summed E-state index contributed by atoms with van der Waals surface area (Å²) >= 11 is 0. The first-order chi connectivity index (χ1) is 12.4. The van der Waals surface area contributed by atoms with Crippen LogP contribution in [-0.4, -0.2) is 23.3 Å². The van der Waals surface area contributed by atoms with E-state index in [0.29, 0.717) is 11.3 Å². The van der Waals surface area contributed by atoms with Crippen molar-refractivity contribution < 1.29 is 18.9 Å². The molecule has 0 aromatic heterocycles. The van der Waals surface area contributed by atoms with Gasteiger partial charge in [-0.15, -0.1) is 0 Å². The Morgan fingerprint density at radius 2 is 1.88 bits per heavy atom. The Morgan fingerprint density at radius 1 is 1.19 bits per heavy atom. The van der Waals surface area contributed by atoms with Gasteiger partial charge in [-0.1, -0.05) is 12.1 Å². The molecule has 8 heteroatoms. The molecule has 0 bridgehead atoms. The van der Waals surface area contributed by atoms with Gasteiger partial charge < -0.3 is 10.6 Å². The van der Waals surface area contributed by atoms with Crippen LogP contribution in [-0.2, 0) is 9.59 Å². The van der Waals surface area contributed by atoms with Gasteiger partial charge in [-0.2, -0.15) is 0 Å². The van der Waals surface area contributed by atoms with Crippen molar-refractivity contribution in [3.8, 4) is 0 Å². The molecule has 134 valence electrons. The lowest BCUT2D eigenvalue weighted by atomic mass is 10.2. The average Bonchev–Trinajstić information content (AvgIpc) is 2.61. The molecule has 0 aliphatic heterocycles. The number of nitrogens with two attached hydrogens (primary N) is 1. The second kappa shape index (κ2) is 8.52.